The van der Waals surface area contributed by atoms with E-state index in [-0.39, 0.29) is 5.92 Å². The summed E-state index contributed by atoms with van der Waals surface area (Å²) >= 11 is 1.40. The van der Waals surface area contributed by atoms with Crippen LogP contribution in [0.25, 0.3) is 21.6 Å². The topological polar surface area (TPSA) is 97.6 Å². The van der Waals surface area contributed by atoms with E-state index in [1.165, 1.54) is 11.3 Å². The highest BCUT2D eigenvalue weighted by molar-refractivity contribution is 7.17. The zero-order valence-corrected chi connectivity index (χ0v) is 12.8. The Kier molecular flexibility index (Phi) is 3.21. The fraction of sp³-hybridized carbons (Fsp3) is 0.286. The third-order valence-corrected chi connectivity index (χ3v) is 4.46. The average Bonchev–Trinajstić information content (AvgIpc) is 3.01. The molecule has 0 fully saturated rings. The molecule has 3 N–H and O–H groups in total. The Morgan fingerprint density at radius 2 is 2.14 bits per heavy atom. The van der Waals surface area contributed by atoms with Gasteiger partial charge in [0.05, 0.1) is 20.8 Å². The number of H-pyrrole nitrogens is 1. The molecule has 3 rings (SSSR count). The number of nitrogens with two attached hydrogens (primary N) is 1. The zero-order chi connectivity index (χ0) is 15.1. The van der Waals surface area contributed by atoms with Gasteiger partial charge in [-0.25, -0.2) is 9.97 Å². The zero-order valence-electron chi connectivity index (χ0n) is 12.0. The number of carbonyl (C=O) groups is 1. The SMILES string of the molecule is Cc1cc(-c2[nH]nc3nc(C(C)C)nc(N)c23)sc1C=O. The lowest BCUT2D eigenvalue weighted by molar-refractivity contribution is 0.112. The number of nitrogens with zero attached hydrogens (tertiary/aromatic N) is 3. The summed E-state index contributed by atoms with van der Waals surface area (Å²) in [7, 11) is 0. The first-order valence-corrected chi connectivity index (χ1v) is 7.40. The lowest BCUT2D eigenvalue weighted by Crippen LogP contribution is -2.02. The molecule has 3 heterocycles. The summed E-state index contributed by atoms with van der Waals surface area (Å²) in [5.74, 6) is 1.27. The summed E-state index contributed by atoms with van der Waals surface area (Å²) in [4.78, 5) is 21.4. The van der Waals surface area contributed by atoms with E-state index >= 15 is 0 Å². The first-order valence-electron chi connectivity index (χ1n) is 6.58. The van der Waals surface area contributed by atoms with Crippen LogP contribution >= 0.6 is 11.3 Å². The van der Waals surface area contributed by atoms with Crippen LogP contribution in [-0.2, 0) is 0 Å². The van der Waals surface area contributed by atoms with Gasteiger partial charge in [-0.15, -0.1) is 11.3 Å². The summed E-state index contributed by atoms with van der Waals surface area (Å²) in [5, 5.41) is 7.90. The molecule has 0 unspecified atom stereocenters. The molecule has 0 radical (unpaired) electrons. The van der Waals surface area contributed by atoms with E-state index < -0.39 is 0 Å². The smallest absolute Gasteiger partial charge is 0.187 e. The molecule has 3 aromatic rings. The molecule has 0 atom stereocenters. The first kappa shape index (κ1) is 13.7. The van der Waals surface area contributed by atoms with E-state index in [0.29, 0.717) is 27.6 Å². The number of rotatable bonds is 3. The van der Waals surface area contributed by atoms with Crippen molar-refractivity contribution in [1.82, 2.24) is 20.2 Å². The minimum Gasteiger partial charge on any atom is -0.383 e. The number of fused-ring (bicyclic) bond motifs is 1. The van der Waals surface area contributed by atoms with Gasteiger partial charge >= 0.3 is 0 Å². The van der Waals surface area contributed by atoms with Crippen LogP contribution in [0.4, 0.5) is 5.82 Å². The molecule has 21 heavy (non-hydrogen) atoms. The van der Waals surface area contributed by atoms with Crippen molar-refractivity contribution >= 4 is 34.5 Å². The van der Waals surface area contributed by atoms with Crippen LogP contribution in [0.15, 0.2) is 6.07 Å². The Morgan fingerprint density at radius 3 is 2.76 bits per heavy atom. The van der Waals surface area contributed by atoms with Gasteiger partial charge in [-0.3, -0.25) is 9.89 Å². The molecule has 0 aliphatic heterocycles. The van der Waals surface area contributed by atoms with Gasteiger partial charge in [0.2, 0.25) is 0 Å². The molecule has 0 saturated carbocycles. The second kappa shape index (κ2) is 4.92. The van der Waals surface area contributed by atoms with Crippen molar-refractivity contribution in [1.29, 1.82) is 0 Å². The average molecular weight is 301 g/mol. The largest absolute Gasteiger partial charge is 0.383 e. The van der Waals surface area contributed by atoms with E-state index in [1.807, 2.05) is 26.8 Å². The van der Waals surface area contributed by atoms with Gasteiger partial charge in [-0.2, -0.15) is 5.10 Å². The maximum absolute atomic E-state index is 11.0. The second-order valence-corrected chi connectivity index (χ2v) is 6.28. The Labute approximate surface area is 125 Å². The van der Waals surface area contributed by atoms with Crippen LogP contribution in [0.2, 0.25) is 0 Å². The molecule has 108 valence electrons. The van der Waals surface area contributed by atoms with Gasteiger partial charge in [0.15, 0.2) is 11.9 Å². The van der Waals surface area contributed by atoms with Gasteiger partial charge in [0, 0.05) is 5.92 Å². The summed E-state index contributed by atoms with van der Waals surface area (Å²) in [6.07, 6.45) is 0.860. The van der Waals surface area contributed by atoms with Gasteiger partial charge < -0.3 is 5.73 Å². The van der Waals surface area contributed by atoms with Gasteiger partial charge in [0.25, 0.3) is 0 Å². The number of nitrogens with one attached hydrogen (secondary N) is 1. The van der Waals surface area contributed by atoms with Crippen LogP contribution in [0.1, 0.15) is 40.8 Å². The minimum absolute atomic E-state index is 0.183. The van der Waals surface area contributed by atoms with Gasteiger partial charge in [-0.1, -0.05) is 13.8 Å². The number of aryl methyl sites for hydroxylation is 1. The third kappa shape index (κ3) is 2.19. The van der Waals surface area contributed by atoms with Crippen LogP contribution in [0, 0.1) is 6.92 Å². The van der Waals surface area contributed by atoms with Crippen molar-refractivity contribution < 1.29 is 4.79 Å². The molecule has 0 saturated heterocycles. The van der Waals surface area contributed by atoms with Gasteiger partial charge in [0.1, 0.15) is 11.6 Å². The predicted molar refractivity (Wildman–Crippen MR) is 83.6 cm³/mol. The highest BCUT2D eigenvalue weighted by atomic mass is 32.1. The second-order valence-electron chi connectivity index (χ2n) is 5.19. The summed E-state index contributed by atoms with van der Waals surface area (Å²) in [6, 6.07) is 1.94. The fourth-order valence-electron chi connectivity index (χ4n) is 2.14. The highest BCUT2D eigenvalue weighted by Gasteiger charge is 2.18. The molecular formula is C14H15N5OS. The van der Waals surface area contributed by atoms with Crippen LogP contribution in [0.5, 0.6) is 0 Å². The number of thiophene rings is 1. The monoisotopic (exact) mass is 301 g/mol. The number of hydrogen-bond acceptors (Lipinski definition) is 6. The Bertz CT molecular complexity index is 833. The number of aromatic nitrogens is 4. The summed E-state index contributed by atoms with van der Waals surface area (Å²) in [5.41, 5.74) is 8.33. The van der Waals surface area contributed by atoms with Crippen molar-refractivity contribution in [2.24, 2.45) is 0 Å². The van der Waals surface area contributed by atoms with Crippen molar-refractivity contribution in [3.63, 3.8) is 0 Å². The van der Waals surface area contributed by atoms with E-state index in [2.05, 4.69) is 20.2 Å². The Morgan fingerprint density at radius 1 is 1.38 bits per heavy atom. The van der Waals surface area contributed by atoms with E-state index in [4.69, 9.17) is 5.73 Å². The quantitative estimate of drug-likeness (QED) is 0.725. The third-order valence-electron chi connectivity index (χ3n) is 3.28. The van der Waals surface area contributed by atoms with Crippen LogP contribution < -0.4 is 5.73 Å². The predicted octanol–water partition coefficient (Wildman–Crippen LogP) is 2.91. The van der Waals surface area contributed by atoms with Crippen LogP contribution in [-0.4, -0.2) is 26.5 Å². The molecule has 3 aromatic heterocycles. The van der Waals surface area contributed by atoms with Gasteiger partial charge in [-0.05, 0) is 18.6 Å². The maximum Gasteiger partial charge on any atom is 0.187 e. The molecule has 0 bridgehead atoms. The Hall–Kier alpha value is -2.28. The van der Waals surface area contributed by atoms with Crippen molar-refractivity contribution in [2.45, 2.75) is 26.7 Å². The first-order chi connectivity index (χ1) is 10.0. The van der Waals surface area contributed by atoms with Crippen molar-refractivity contribution in [3.05, 3.63) is 22.3 Å². The number of hydrogen-bond donors (Lipinski definition) is 2. The molecule has 0 aliphatic carbocycles. The normalized spacial score (nSPS) is 11.4. The number of aromatic amines is 1. The van der Waals surface area contributed by atoms with Crippen molar-refractivity contribution in [2.75, 3.05) is 5.73 Å². The number of carbonyl (C=O) groups excluding carboxylic acids is 1. The van der Waals surface area contributed by atoms with E-state index in [0.717, 1.165) is 22.4 Å². The standard InChI is InChI=1S/C14H15N5OS/c1-6(2)13-16-12(15)10-11(18-19-14(10)17-13)8-4-7(3)9(5-20)21-8/h4-6H,1-3H3,(H3,15,16,17,18,19). The molecular weight excluding hydrogens is 286 g/mol. The molecule has 0 amide bonds. The fourth-order valence-corrected chi connectivity index (χ4v) is 3.13. The number of nitrogen functional groups attached to an aromatic ring is 1. The minimum atomic E-state index is 0.183. The molecule has 6 nitrogen and oxygen atoms in total. The van der Waals surface area contributed by atoms with Crippen LogP contribution in [0.3, 0.4) is 0 Å². The highest BCUT2D eigenvalue weighted by Crippen LogP contribution is 2.35. The maximum atomic E-state index is 11.0. The lowest BCUT2D eigenvalue weighted by Gasteiger charge is -2.04. The van der Waals surface area contributed by atoms with E-state index in [1.54, 1.807) is 0 Å². The molecule has 0 aromatic carbocycles. The number of aldehydes is 1. The molecule has 0 aliphatic rings. The van der Waals surface area contributed by atoms with Crippen molar-refractivity contribution in [3.8, 4) is 10.6 Å². The summed E-state index contributed by atoms with van der Waals surface area (Å²) < 4.78 is 0. The molecule has 0 spiro atoms. The lowest BCUT2D eigenvalue weighted by atomic mass is 10.2. The molecule has 7 heteroatoms. The number of anilines is 1. The summed E-state index contributed by atoms with van der Waals surface area (Å²) in [6.45, 7) is 5.92. The Balaban J connectivity index is 2.22. The van der Waals surface area contributed by atoms with E-state index in [9.17, 15) is 4.79 Å².